The molecule has 0 aromatic carbocycles. The molecule has 1 aliphatic rings. The molecule has 0 aromatic rings. The van der Waals surface area contributed by atoms with Crippen LogP contribution in [0, 0.1) is 0 Å². The molecule has 0 radical (unpaired) electrons. The molecule has 1 atom stereocenters. The van der Waals surface area contributed by atoms with E-state index in [1.165, 1.54) is 6.21 Å². The average Bonchev–Trinajstić information content (AvgIpc) is 2.12. The first kappa shape index (κ1) is 7.50. The molecule has 58 valence electrons. The van der Waals surface area contributed by atoms with Crippen molar-refractivity contribution in [2.24, 2.45) is 5.16 Å². The van der Waals surface area contributed by atoms with Crippen LogP contribution in [-0.4, -0.2) is 29.9 Å². The Balaban J connectivity index is 2.43. The van der Waals surface area contributed by atoms with Crippen LogP contribution in [0.4, 0.5) is 0 Å². The lowest BCUT2D eigenvalue weighted by molar-refractivity contribution is -0.131. The summed E-state index contributed by atoms with van der Waals surface area (Å²) in [6, 6.07) is 0. The van der Waals surface area contributed by atoms with Crippen molar-refractivity contribution in [1.82, 2.24) is 0 Å². The van der Waals surface area contributed by atoms with Crippen molar-refractivity contribution in [2.75, 3.05) is 6.61 Å². The fraction of sp³-hybridized carbons (Fsp3) is 0.833. The Morgan fingerprint density at radius 3 is 2.80 bits per heavy atom. The van der Waals surface area contributed by atoms with E-state index < -0.39 is 5.79 Å². The second-order valence-corrected chi connectivity index (χ2v) is 2.63. The minimum Gasteiger partial charge on any atom is -0.411 e. The molecule has 1 heterocycles. The van der Waals surface area contributed by atoms with Gasteiger partial charge in [0.15, 0.2) is 5.79 Å². The molecule has 4 nitrogen and oxygen atoms in total. The number of oxime groups is 1. The van der Waals surface area contributed by atoms with Crippen molar-refractivity contribution in [3.63, 3.8) is 0 Å². The predicted molar refractivity (Wildman–Crippen MR) is 35.2 cm³/mol. The summed E-state index contributed by atoms with van der Waals surface area (Å²) in [5.41, 5.74) is 0. The molecule has 0 bridgehead atoms. The van der Waals surface area contributed by atoms with Gasteiger partial charge < -0.3 is 14.7 Å². The molecule has 10 heavy (non-hydrogen) atoms. The number of hydrogen-bond acceptors (Lipinski definition) is 4. The van der Waals surface area contributed by atoms with Gasteiger partial charge >= 0.3 is 0 Å². The number of ether oxygens (including phenoxy) is 2. The maximum atomic E-state index is 8.13. The van der Waals surface area contributed by atoms with Gasteiger partial charge in [-0.25, -0.2) is 0 Å². The molecule has 4 heteroatoms. The summed E-state index contributed by atoms with van der Waals surface area (Å²) >= 11 is 0. The summed E-state index contributed by atoms with van der Waals surface area (Å²) < 4.78 is 10.4. The van der Waals surface area contributed by atoms with Crippen LogP contribution in [0.15, 0.2) is 5.16 Å². The SMILES string of the molecule is CC1(C)OC[C@H](/C=N/O)O1. The number of rotatable bonds is 1. The van der Waals surface area contributed by atoms with Crippen LogP contribution >= 0.6 is 0 Å². The molecule has 0 aromatic heterocycles. The third-order valence-electron chi connectivity index (χ3n) is 1.26. The molecule has 1 N–H and O–H groups in total. The van der Waals surface area contributed by atoms with Gasteiger partial charge in [0, 0.05) is 0 Å². The lowest BCUT2D eigenvalue weighted by Crippen LogP contribution is -2.21. The van der Waals surface area contributed by atoms with E-state index in [9.17, 15) is 0 Å². The Hall–Kier alpha value is -0.610. The van der Waals surface area contributed by atoms with Gasteiger partial charge in [0.25, 0.3) is 0 Å². The highest BCUT2D eigenvalue weighted by atomic mass is 16.7. The maximum absolute atomic E-state index is 8.13. The van der Waals surface area contributed by atoms with E-state index in [1.807, 2.05) is 13.8 Å². The van der Waals surface area contributed by atoms with Gasteiger partial charge in [-0.15, -0.1) is 0 Å². The van der Waals surface area contributed by atoms with E-state index in [0.29, 0.717) is 6.61 Å². The topological polar surface area (TPSA) is 51.0 Å². The number of hydrogen-bond donors (Lipinski definition) is 1. The zero-order valence-electron chi connectivity index (χ0n) is 6.07. The van der Waals surface area contributed by atoms with Gasteiger partial charge in [0.1, 0.15) is 6.10 Å². The first-order valence-electron chi connectivity index (χ1n) is 3.13. The lowest BCUT2D eigenvalue weighted by Gasteiger charge is -2.15. The molecule has 1 saturated heterocycles. The van der Waals surface area contributed by atoms with E-state index in [0.717, 1.165) is 0 Å². The van der Waals surface area contributed by atoms with E-state index in [2.05, 4.69) is 5.16 Å². The highest BCUT2D eigenvalue weighted by Crippen LogP contribution is 2.20. The third kappa shape index (κ3) is 1.68. The van der Waals surface area contributed by atoms with Gasteiger partial charge in [-0.05, 0) is 13.8 Å². The van der Waals surface area contributed by atoms with E-state index >= 15 is 0 Å². The largest absolute Gasteiger partial charge is 0.411 e. The van der Waals surface area contributed by atoms with Gasteiger partial charge in [-0.2, -0.15) is 0 Å². The van der Waals surface area contributed by atoms with Crippen molar-refractivity contribution >= 4 is 6.21 Å². The summed E-state index contributed by atoms with van der Waals surface area (Å²) in [7, 11) is 0. The molecule has 0 spiro atoms. The van der Waals surface area contributed by atoms with Crippen LogP contribution in [0.1, 0.15) is 13.8 Å². The summed E-state index contributed by atoms with van der Waals surface area (Å²) in [4.78, 5) is 0. The van der Waals surface area contributed by atoms with E-state index in [1.54, 1.807) is 0 Å². The highest BCUT2D eigenvalue weighted by Gasteiger charge is 2.31. The van der Waals surface area contributed by atoms with Gasteiger partial charge in [-0.3, -0.25) is 0 Å². The van der Waals surface area contributed by atoms with Crippen LogP contribution in [0.3, 0.4) is 0 Å². The monoisotopic (exact) mass is 145 g/mol. The Morgan fingerprint density at radius 1 is 1.70 bits per heavy atom. The maximum Gasteiger partial charge on any atom is 0.163 e. The van der Waals surface area contributed by atoms with Crippen LogP contribution < -0.4 is 0 Å². The third-order valence-corrected chi connectivity index (χ3v) is 1.26. The minimum absolute atomic E-state index is 0.208. The normalized spacial score (nSPS) is 31.6. The second kappa shape index (κ2) is 2.56. The predicted octanol–water partition coefficient (Wildman–Crippen LogP) is 0.598. The van der Waals surface area contributed by atoms with Crippen molar-refractivity contribution in [2.45, 2.75) is 25.7 Å². The zero-order chi connectivity index (χ0) is 7.61. The first-order chi connectivity index (χ1) is 4.64. The van der Waals surface area contributed by atoms with Gasteiger partial charge in [0.05, 0.1) is 12.8 Å². The van der Waals surface area contributed by atoms with Crippen molar-refractivity contribution in [3.8, 4) is 0 Å². The molecule has 0 unspecified atom stereocenters. The van der Waals surface area contributed by atoms with Crippen LogP contribution in [0.2, 0.25) is 0 Å². The molecular formula is C6H11NO3. The lowest BCUT2D eigenvalue weighted by atomic mass is 10.4. The smallest absolute Gasteiger partial charge is 0.163 e. The van der Waals surface area contributed by atoms with Gasteiger partial charge in [-0.1, -0.05) is 5.16 Å². The average molecular weight is 145 g/mol. The standard InChI is InChI=1S/C6H11NO3/c1-6(2)9-4-5(10-6)3-7-8/h3,5,8H,4H2,1-2H3/b7-3+/t5-/m0/s1. The molecule has 0 saturated carbocycles. The number of nitrogens with zero attached hydrogens (tertiary/aromatic N) is 1. The van der Waals surface area contributed by atoms with Crippen molar-refractivity contribution in [1.29, 1.82) is 0 Å². The Kier molecular flexibility index (Phi) is 1.92. The van der Waals surface area contributed by atoms with Crippen LogP contribution in [0.5, 0.6) is 0 Å². The molecule has 1 aliphatic heterocycles. The minimum atomic E-state index is -0.536. The fourth-order valence-corrected chi connectivity index (χ4v) is 0.863. The Labute approximate surface area is 59.4 Å². The summed E-state index contributed by atoms with van der Waals surface area (Å²) in [6.07, 6.45) is 1.11. The molecule has 0 aliphatic carbocycles. The van der Waals surface area contributed by atoms with E-state index in [4.69, 9.17) is 14.7 Å². The molecule has 0 amide bonds. The molecule has 1 fully saturated rings. The van der Waals surface area contributed by atoms with Gasteiger partial charge in [0.2, 0.25) is 0 Å². The van der Waals surface area contributed by atoms with E-state index in [-0.39, 0.29) is 6.10 Å². The summed E-state index contributed by atoms with van der Waals surface area (Å²) in [5.74, 6) is -0.536. The van der Waals surface area contributed by atoms with Crippen molar-refractivity contribution < 1.29 is 14.7 Å². The molecular weight excluding hydrogens is 134 g/mol. The van der Waals surface area contributed by atoms with Crippen LogP contribution in [0.25, 0.3) is 0 Å². The first-order valence-corrected chi connectivity index (χ1v) is 3.13. The zero-order valence-corrected chi connectivity index (χ0v) is 6.07. The van der Waals surface area contributed by atoms with Crippen LogP contribution in [-0.2, 0) is 9.47 Å². The summed E-state index contributed by atoms with van der Waals surface area (Å²) in [6.45, 7) is 4.09. The fourth-order valence-electron chi connectivity index (χ4n) is 0.863. The van der Waals surface area contributed by atoms with Crippen molar-refractivity contribution in [3.05, 3.63) is 0 Å². The quantitative estimate of drug-likeness (QED) is 0.334. The second-order valence-electron chi connectivity index (χ2n) is 2.63. The Bertz CT molecular complexity index is 144. The Morgan fingerprint density at radius 2 is 2.40 bits per heavy atom. The highest BCUT2D eigenvalue weighted by molar-refractivity contribution is 5.62. The molecule has 1 rings (SSSR count). The summed E-state index contributed by atoms with van der Waals surface area (Å²) in [5, 5.41) is 11.0.